The molecule has 0 nitrogen and oxygen atoms in total. The van der Waals surface area contributed by atoms with Gasteiger partial charge in [-0.3, -0.25) is 0 Å². The summed E-state index contributed by atoms with van der Waals surface area (Å²) >= 11 is 0. The van der Waals surface area contributed by atoms with Crippen molar-refractivity contribution in [3.63, 3.8) is 0 Å². The predicted molar refractivity (Wildman–Crippen MR) is 11.5 cm³/mol. The molecule has 0 N–H and O–H groups in total. The first-order valence-corrected chi connectivity index (χ1v) is 0. The summed E-state index contributed by atoms with van der Waals surface area (Å²) in [7, 11) is 0. The van der Waals surface area contributed by atoms with Gasteiger partial charge < -0.3 is 0 Å². The van der Waals surface area contributed by atoms with Crippen LogP contribution in [0.15, 0.2) is 0 Å². The molecule has 0 aromatic rings. The van der Waals surface area contributed by atoms with Crippen molar-refractivity contribution >= 4 is 28.3 Å². The Balaban J connectivity index is 0. The third-order valence-electron chi connectivity index (χ3n) is 0. The molecule has 0 unspecified atom stereocenters. The van der Waals surface area contributed by atoms with Crippen LogP contribution in [0.4, 0.5) is 0 Å². The van der Waals surface area contributed by atoms with Crippen molar-refractivity contribution in [1.82, 2.24) is 0 Å². The molecule has 14 valence electrons. The molecule has 0 spiro atoms. The van der Waals surface area contributed by atoms with Crippen LogP contribution in [0.25, 0.3) is 0 Å². The third-order valence-corrected chi connectivity index (χ3v) is 0. The van der Waals surface area contributed by atoms with Crippen LogP contribution in [-0.2, 0) is 21.7 Å². The first-order valence-electron chi connectivity index (χ1n) is 0. The molecule has 0 rings (SSSR count). The minimum atomic E-state index is 0. The minimum absolute atomic E-state index is 0. The average molecular weight is 244 g/mol. The zero-order chi connectivity index (χ0) is 0. The first kappa shape index (κ1) is 29.0. The summed E-state index contributed by atoms with van der Waals surface area (Å²) in [6, 6.07) is 0. The average Bonchev–Trinajstić information content (AvgIpc) is 0. The Kier molecular flexibility index (Phi) is 123. The molecule has 4 heteroatoms. The molecule has 0 aliphatic heterocycles. The van der Waals surface area contributed by atoms with E-state index < -0.39 is 0 Å². The van der Waals surface area contributed by atoms with Gasteiger partial charge in [-0.15, -0.1) is 0 Å². The van der Waals surface area contributed by atoms with Crippen LogP contribution in [0, 0.1) is 41.3 Å². The third kappa shape index (κ3) is 8.85. The fraction of sp³-hybridized carbons (Fsp3) is 0. The molecule has 4 heavy (non-hydrogen) atoms. The van der Waals surface area contributed by atoms with Crippen molar-refractivity contribution in [2.75, 3.05) is 0 Å². The SMILES string of the molecule is [Al].[Pr].[Si].[Ti]. The predicted octanol–water partition coefficient (Wildman–Crippen LogP) is -0.764. The standard InChI is InChI=1S/Al.Pr.Si.Ti. The Bertz CT molecular complexity index is 8.00. The molecule has 0 aromatic carbocycles. The van der Waals surface area contributed by atoms with Crippen LogP contribution in [-0.4, -0.2) is 28.3 Å². The number of hydrogen-bond acceptors (Lipinski definition) is 0. The Labute approximate surface area is 89.5 Å². The summed E-state index contributed by atoms with van der Waals surface area (Å²) in [4.78, 5) is 0. The van der Waals surface area contributed by atoms with Gasteiger partial charge in [0.05, 0.1) is 0 Å². The van der Waals surface area contributed by atoms with E-state index in [4.69, 9.17) is 0 Å². The van der Waals surface area contributed by atoms with Crippen LogP contribution >= 0.6 is 0 Å². The molecule has 0 aromatic heterocycles. The van der Waals surface area contributed by atoms with Gasteiger partial charge in [0.2, 0.25) is 0 Å². The van der Waals surface area contributed by atoms with Crippen molar-refractivity contribution in [3.05, 3.63) is 0 Å². The van der Waals surface area contributed by atoms with Gasteiger partial charge in [-0.05, 0) is 0 Å². The maximum absolute atomic E-state index is 0. The van der Waals surface area contributed by atoms with Crippen molar-refractivity contribution in [2.45, 2.75) is 0 Å². The molecular formula is AlPrSiTi. The molecule has 0 fully saturated rings. The quantitative estimate of drug-likeness (QED) is 0.491. The Morgan fingerprint density at radius 3 is 1.00 bits per heavy atom. The van der Waals surface area contributed by atoms with E-state index in [2.05, 4.69) is 0 Å². The van der Waals surface area contributed by atoms with Gasteiger partial charge in [-0.1, -0.05) is 0 Å². The van der Waals surface area contributed by atoms with Gasteiger partial charge in [-0.25, -0.2) is 0 Å². The van der Waals surface area contributed by atoms with Gasteiger partial charge in [0.15, 0.2) is 0 Å². The van der Waals surface area contributed by atoms with Crippen molar-refractivity contribution in [2.24, 2.45) is 0 Å². The second-order valence-corrected chi connectivity index (χ2v) is 0. The van der Waals surface area contributed by atoms with Gasteiger partial charge in [0.25, 0.3) is 0 Å². The summed E-state index contributed by atoms with van der Waals surface area (Å²) in [6.07, 6.45) is 0. The van der Waals surface area contributed by atoms with Gasteiger partial charge in [0.1, 0.15) is 0 Å². The maximum atomic E-state index is 0. The second kappa shape index (κ2) is 17.0. The van der Waals surface area contributed by atoms with E-state index in [9.17, 15) is 0 Å². The molecular weight excluding hydrogens is 244 g/mol. The van der Waals surface area contributed by atoms with Crippen LogP contribution in [0.1, 0.15) is 0 Å². The molecule has 0 heterocycles. The van der Waals surface area contributed by atoms with E-state index in [0.29, 0.717) is 0 Å². The zero-order valence-corrected chi connectivity index (χ0v) is 9.58. The molecule has 0 atom stereocenters. The Morgan fingerprint density at radius 1 is 1.00 bits per heavy atom. The maximum Gasteiger partial charge on any atom is 0 e. The topological polar surface area (TPSA) is 0 Å². The molecule has 0 bridgehead atoms. The summed E-state index contributed by atoms with van der Waals surface area (Å²) in [6.45, 7) is 0. The zero-order valence-electron chi connectivity index (χ0n) is 2.15. The van der Waals surface area contributed by atoms with Gasteiger partial charge in [-0.2, -0.15) is 0 Å². The normalized spacial score (nSPS) is 0. The fourth-order valence-corrected chi connectivity index (χ4v) is 0. The summed E-state index contributed by atoms with van der Waals surface area (Å²) in [5.74, 6) is 0. The number of rotatable bonds is 0. The van der Waals surface area contributed by atoms with E-state index in [1.807, 2.05) is 0 Å². The Hall–Kier alpha value is 2.83. The largest absolute Gasteiger partial charge is 0 e. The summed E-state index contributed by atoms with van der Waals surface area (Å²) in [5.41, 5.74) is 0. The van der Waals surface area contributed by atoms with E-state index >= 15 is 0 Å². The molecule has 0 aliphatic carbocycles. The number of hydrogen-bond donors (Lipinski definition) is 0. The van der Waals surface area contributed by atoms with E-state index in [1.54, 1.807) is 0 Å². The molecule has 0 saturated heterocycles. The molecule has 0 aliphatic rings. The van der Waals surface area contributed by atoms with Crippen LogP contribution in [0.5, 0.6) is 0 Å². The van der Waals surface area contributed by atoms with Gasteiger partial charge in [0, 0.05) is 91.3 Å². The second-order valence-electron chi connectivity index (χ2n) is 0. The van der Waals surface area contributed by atoms with Crippen LogP contribution in [0.3, 0.4) is 0 Å². The van der Waals surface area contributed by atoms with Crippen molar-refractivity contribution in [3.8, 4) is 0 Å². The van der Waals surface area contributed by atoms with E-state index in [-0.39, 0.29) is 91.3 Å². The molecule has 0 amide bonds. The van der Waals surface area contributed by atoms with E-state index in [0.717, 1.165) is 0 Å². The van der Waals surface area contributed by atoms with Gasteiger partial charge >= 0.3 is 0 Å². The summed E-state index contributed by atoms with van der Waals surface area (Å²) < 4.78 is 0. The van der Waals surface area contributed by atoms with Crippen molar-refractivity contribution in [1.29, 1.82) is 0 Å². The fourth-order valence-electron chi connectivity index (χ4n) is 0. The smallest absolute Gasteiger partial charge is 0 e. The first-order chi connectivity index (χ1) is 0. The minimum Gasteiger partial charge on any atom is 0 e. The molecule has 8 radical (unpaired) electrons. The Morgan fingerprint density at radius 2 is 1.00 bits per heavy atom. The van der Waals surface area contributed by atoms with E-state index in [1.165, 1.54) is 0 Å². The molecule has 0 saturated carbocycles. The van der Waals surface area contributed by atoms with Crippen molar-refractivity contribution < 1.29 is 63.0 Å². The van der Waals surface area contributed by atoms with Crippen LogP contribution in [0.2, 0.25) is 0 Å². The monoisotopic (exact) mass is 244 g/mol. The summed E-state index contributed by atoms with van der Waals surface area (Å²) in [5, 5.41) is 0. The van der Waals surface area contributed by atoms with Crippen LogP contribution < -0.4 is 0 Å².